The van der Waals surface area contributed by atoms with Crippen LogP contribution in [0.4, 0.5) is 15.8 Å². The average Bonchev–Trinajstić information content (AvgIpc) is 2.48. The molecule has 120 valence electrons. The van der Waals surface area contributed by atoms with Crippen LogP contribution in [0.2, 0.25) is 0 Å². The molecule has 0 radical (unpaired) electrons. The Bertz CT molecular complexity index is 883. The third-order valence-electron chi connectivity index (χ3n) is 3.47. The molecule has 0 aliphatic carbocycles. The molecule has 3 N–H and O–H groups in total. The molecule has 0 saturated heterocycles. The number of aryl methyl sites for hydroxylation is 1. The summed E-state index contributed by atoms with van der Waals surface area (Å²) in [7, 11) is -3.90. The Balaban J connectivity index is 1.88. The van der Waals surface area contributed by atoms with Crippen molar-refractivity contribution >= 4 is 27.3 Å². The first-order chi connectivity index (χ1) is 10.9. The molecule has 0 fully saturated rings. The van der Waals surface area contributed by atoms with E-state index < -0.39 is 27.9 Å². The van der Waals surface area contributed by atoms with Gasteiger partial charge in [-0.05, 0) is 36.8 Å². The Morgan fingerprint density at radius 3 is 2.70 bits per heavy atom. The second-order valence-electron chi connectivity index (χ2n) is 5.14. The number of para-hydroxylation sites is 1. The highest BCUT2D eigenvalue weighted by Crippen LogP contribution is 2.27. The number of amides is 1. The summed E-state index contributed by atoms with van der Waals surface area (Å²) in [5, 5.41) is 5.33. The fraction of sp³-hybridized carbons (Fsp3) is 0.133. The molecule has 8 heteroatoms. The lowest BCUT2D eigenvalue weighted by atomic mass is 10.2. The Labute approximate surface area is 132 Å². The minimum Gasteiger partial charge on any atom is -0.360 e. The Kier molecular flexibility index (Phi) is 3.78. The largest absolute Gasteiger partial charge is 0.360 e. The Hall–Kier alpha value is -2.45. The quantitative estimate of drug-likeness (QED) is 0.781. The summed E-state index contributed by atoms with van der Waals surface area (Å²) in [6, 6.07) is 10.3. The maximum Gasteiger partial charge on any atom is 0.262 e. The van der Waals surface area contributed by atoms with Gasteiger partial charge in [-0.2, -0.15) is 4.72 Å². The summed E-state index contributed by atoms with van der Waals surface area (Å²) in [5.41, 5.74) is 1.46. The molecule has 0 unspecified atom stereocenters. The number of hydrogen-bond donors (Lipinski definition) is 3. The van der Waals surface area contributed by atoms with E-state index in [1.165, 1.54) is 0 Å². The van der Waals surface area contributed by atoms with Crippen LogP contribution in [0.1, 0.15) is 5.56 Å². The SMILES string of the molecule is Cc1ccccc1NC(=O)[C@H]1Nc2cc(F)ccc2S(=O)(=O)N1. The van der Waals surface area contributed by atoms with Crippen molar-refractivity contribution in [2.75, 3.05) is 10.6 Å². The standard InChI is InChI=1S/C15H14FN3O3S/c1-9-4-2-3-5-11(9)18-15(20)14-17-12-8-10(16)6-7-13(12)23(21,22)19-14/h2-8,14,17,19H,1H3,(H,18,20)/t14-/m0/s1. The fourth-order valence-electron chi connectivity index (χ4n) is 2.29. The first kappa shape index (κ1) is 15.4. The van der Waals surface area contributed by atoms with Gasteiger partial charge < -0.3 is 10.6 Å². The summed E-state index contributed by atoms with van der Waals surface area (Å²) in [6.45, 7) is 1.82. The van der Waals surface area contributed by atoms with Crippen LogP contribution in [0, 0.1) is 12.7 Å². The lowest BCUT2D eigenvalue weighted by molar-refractivity contribution is -0.117. The molecule has 0 spiro atoms. The number of nitrogens with one attached hydrogen (secondary N) is 3. The summed E-state index contributed by atoms with van der Waals surface area (Å²) in [5.74, 6) is -1.18. The Morgan fingerprint density at radius 1 is 1.22 bits per heavy atom. The van der Waals surface area contributed by atoms with Gasteiger partial charge in [0, 0.05) is 5.69 Å². The fourth-order valence-corrected chi connectivity index (χ4v) is 3.55. The van der Waals surface area contributed by atoms with Crippen LogP contribution >= 0.6 is 0 Å². The van der Waals surface area contributed by atoms with Crippen LogP contribution in [0.3, 0.4) is 0 Å². The lowest BCUT2D eigenvalue weighted by Crippen LogP contribution is -2.51. The molecule has 23 heavy (non-hydrogen) atoms. The minimum absolute atomic E-state index is 0.0497. The second-order valence-corrected chi connectivity index (χ2v) is 6.83. The van der Waals surface area contributed by atoms with Gasteiger partial charge in [-0.1, -0.05) is 18.2 Å². The van der Waals surface area contributed by atoms with Gasteiger partial charge in [0.15, 0.2) is 6.17 Å². The van der Waals surface area contributed by atoms with Gasteiger partial charge in [-0.15, -0.1) is 0 Å². The van der Waals surface area contributed by atoms with Crippen molar-refractivity contribution in [3.8, 4) is 0 Å². The van der Waals surface area contributed by atoms with E-state index in [2.05, 4.69) is 15.4 Å². The number of anilines is 2. The van der Waals surface area contributed by atoms with E-state index in [4.69, 9.17) is 0 Å². The molecule has 1 aliphatic heterocycles. The molecule has 1 heterocycles. The monoisotopic (exact) mass is 335 g/mol. The molecule has 2 aromatic rings. The van der Waals surface area contributed by atoms with Crippen LogP contribution < -0.4 is 15.4 Å². The van der Waals surface area contributed by atoms with Crippen LogP contribution in [0.5, 0.6) is 0 Å². The predicted octanol–water partition coefficient (Wildman–Crippen LogP) is 1.80. The van der Waals surface area contributed by atoms with Crippen LogP contribution in [-0.2, 0) is 14.8 Å². The van der Waals surface area contributed by atoms with Crippen molar-refractivity contribution in [1.29, 1.82) is 0 Å². The van der Waals surface area contributed by atoms with E-state index in [1.54, 1.807) is 12.1 Å². The Morgan fingerprint density at radius 2 is 1.96 bits per heavy atom. The number of benzene rings is 2. The summed E-state index contributed by atoms with van der Waals surface area (Å²) >= 11 is 0. The molecular formula is C15H14FN3O3S. The number of carbonyl (C=O) groups excluding carboxylic acids is 1. The van der Waals surface area contributed by atoms with Crippen molar-refractivity contribution < 1.29 is 17.6 Å². The average molecular weight is 335 g/mol. The van der Waals surface area contributed by atoms with Gasteiger partial charge in [0.1, 0.15) is 10.7 Å². The molecule has 0 saturated carbocycles. The predicted molar refractivity (Wildman–Crippen MR) is 83.9 cm³/mol. The minimum atomic E-state index is -3.90. The third kappa shape index (κ3) is 3.03. The summed E-state index contributed by atoms with van der Waals surface area (Å²) in [4.78, 5) is 12.2. The van der Waals surface area contributed by atoms with Gasteiger partial charge >= 0.3 is 0 Å². The van der Waals surface area contributed by atoms with Crippen molar-refractivity contribution in [3.05, 3.63) is 53.8 Å². The van der Waals surface area contributed by atoms with Crippen LogP contribution in [-0.4, -0.2) is 20.5 Å². The topological polar surface area (TPSA) is 87.3 Å². The number of rotatable bonds is 2. The summed E-state index contributed by atoms with van der Waals surface area (Å²) in [6.07, 6.45) is -1.23. The van der Waals surface area contributed by atoms with E-state index in [0.29, 0.717) is 5.69 Å². The van der Waals surface area contributed by atoms with E-state index in [1.807, 2.05) is 19.1 Å². The highest BCUT2D eigenvalue weighted by molar-refractivity contribution is 7.89. The van der Waals surface area contributed by atoms with Crippen molar-refractivity contribution in [3.63, 3.8) is 0 Å². The molecule has 1 aliphatic rings. The van der Waals surface area contributed by atoms with Crippen LogP contribution in [0.15, 0.2) is 47.4 Å². The zero-order valence-corrected chi connectivity index (χ0v) is 12.9. The zero-order chi connectivity index (χ0) is 16.6. The smallest absolute Gasteiger partial charge is 0.262 e. The molecule has 0 aromatic heterocycles. The van der Waals surface area contributed by atoms with E-state index in [-0.39, 0.29) is 10.6 Å². The van der Waals surface area contributed by atoms with Gasteiger partial charge in [-0.25, -0.2) is 12.8 Å². The normalized spacial score (nSPS) is 18.6. The van der Waals surface area contributed by atoms with Gasteiger partial charge in [0.25, 0.3) is 5.91 Å². The summed E-state index contributed by atoms with van der Waals surface area (Å²) < 4.78 is 39.9. The van der Waals surface area contributed by atoms with Crippen LogP contribution in [0.25, 0.3) is 0 Å². The van der Waals surface area contributed by atoms with Crippen molar-refractivity contribution in [1.82, 2.24) is 4.72 Å². The van der Waals surface area contributed by atoms with E-state index >= 15 is 0 Å². The lowest BCUT2D eigenvalue weighted by Gasteiger charge is -2.27. The molecule has 6 nitrogen and oxygen atoms in total. The molecule has 0 bridgehead atoms. The third-order valence-corrected chi connectivity index (χ3v) is 4.95. The molecule has 3 rings (SSSR count). The van der Waals surface area contributed by atoms with Gasteiger partial charge in [0.2, 0.25) is 10.0 Å². The maximum absolute atomic E-state index is 13.3. The molecule has 2 aromatic carbocycles. The number of fused-ring (bicyclic) bond motifs is 1. The zero-order valence-electron chi connectivity index (χ0n) is 12.1. The number of sulfonamides is 1. The van der Waals surface area contributed by atoms with E-state index in [9.17, 15) is 17.6 Å². The first-order valence-corrected chi connectivity index (χ1v) is 8.30. The molecule has 1 atom stereocenters. The maximum atomic E-state index is 13.3. The highest BCUT2D eigenvalue weighted by Gasteiger charge is 2.33. The highest BCUT2D eigenvalue weighted by atomic mass is 32.2. The first-order valence-electron chi connectivity index (χ1n) is 6.82. The van der Waals surface area contributed by atoms with Gasteiger partial charge in [0.05, 0.1) is 5.69 Å². The van der Waals surface area contributed by atoms with Crippen molar-refractivity contribution in [2.45, 2.75) is 18.0 Å². The van der Waals surface area contributed by atoms with Gasteiger partial charge in [-0.3, -0.25) is 4.79 Å². The van der Waals surface area contributed by atoms with E-state index in [0.717, 1.165) is 23.8 Å². The number of hydrogen-bond acceptors (Lipinski definition) is 4. The number of halogens is 1. The van der Waals surface area contributed by atoms with Crippen molar-refractivity contribution in [2.24, 2.45) is 0 Å². The molecular weight excluding hydrogens is 321 g/mol. The second kappa shape index (κ2) is 5.64. The molecule has 1 amide bonds. The number of carbonyl (C=O) groups is 1.